The molecule has 0 unspecified atom stereocenters. The molecular weight excluding hydrogens is 427 g/mol. The number of hydrogen-bond donors (Lipinski definition) is 2. The highest BCUT2D eigenvalue weighted by Crippen LogP contribution is 2.23. The van der Waals surface area contributed by atoms with Crippen LogP contribution in [0.25, 0.3) is 0 Å². The van der Waals surface area contributed by atoms with Gasteiger partial charge in [0.2, 0.25) is 15.9 Å². The lowest BCUT2D eigenvalue weighted by Crippen LogP contribution is -2.45. The molecule has 0 saturated heterocycles. The van der Waals surface area contributed by atoms with Gasteiger partial charge in [0.05, 0.1) is 4.90 Å². The number of benzene rings is 3. The summed E-state index contributed by atoms with van der Waals surface area (Å²) in [4.78, 5) is 13.2. The summed E-state index contributed by atoms with van der Waals surface area (Å²) in [7, 11) is -4.04. The van der Waals surface area contributed by atoms with Gasteiger partial charge >= 0.3 is 0 Å². The summed E-state index contributed by atoms with van der Waals surface area (Å²) in [5.74, 6) is -0.985. The Labute approximate surface area is 188 Å². The van der Waals surface area contributed by atoms with Gasteiger partial charge in [0, 0.05) is 5.69 Å². The number of anilines is 1. The minimum absolute atomic E-state index is 0.104. The molecule has 0 aliphatic carbocycles. The fraction of sp³-hybridized carbons (Fsp3) is 0.240. The third kappa shape index (κ3) is 5.81. The van der Waals surface area contributed by atoms with Gasteiger partial charge in [-0.2, -0.15) is 4.72 Å². The molecule has 0 spiro atoms. The van der Waals surface area contributed by atoms with Crippen LogP contribution in [-0.2, 0) is 34.1 Å². The van der Waals surface area contributed by atoms with Crippen molar-refractivity contribution in [3.05, 3.63) is 95.3 Å². The average Bonchev–Trinajstić information content (AvgIpc) is 2.79. The van der Waals surface area contributed by atoms with Gasteiger partial charge in [0.1, 0.15) is 11.9 Å². The highest BCUT2D eigenvalue weighted by Gasteiger charge is 2.27. The maximum absolute atomic E-state index is 13.3. The van der Waals surface area contributed by atoms with Gasteiger partial charge in [-0.15, -0.1) is 0 Å². The summed E-state index contributed by atoms with van der Waals surface area (Å²) in [5.41, 5.74) is 3.51. The molecule has 0 bridgehead atoms. The normalized spacial score (nSPS) is 12.3. The second kappa shape index (κ2) is 10.5. The van der Waals surface area contributed by atoms with E-state index in [1.54, 1.807) is 0 Å². The molecule has 3 rings (SSSR count). The monoisotopic (exact) mass is 454 g/mol. The first-order valence-electron chi connectivity index (χ1n) is 10.6. The van der Waals surface area contributed by atoms with E-state index in [4.69, 9.17) is 0 Å². The Morgan fingerprint density at radius 1 is 0.875 bits per heavy atom. The lowest BCUT2D eigenvalue weighted by Gasteiger charge is -2.21. The third-order valence-electron chi connectivity index (χ3n) is 5.27. The van der Waals surface area contributed by atoms with Crippen LogP contribution in [0.2, 0.25) is 0 Å². The zero-order valence-electron chi connectivity index (χ0n) is 18.1. The van der Waals surface area contributed by atoms with E-state index in [9.17, 15) is 17.6 Å². The summed E-state index contributed by atoms with van der Waals surface area (Å²) >= 11 is 0. The van der Waals surface area contributed by atoms with Crippen LogP contribution in [0.3, 0.4) is 0 Å². The van der Waals surface area contributed by atoms with E-state index >= 15 is 0 Å². The molecule has 0 heterocycles. The van der Waals surface area contributed by atoms with Gasteiger partial charge in [0.15, 0.2) is 0 Å². The number of nitrogens with one attached hydrogen (secondary N) is 2. The largest absolute Gasteiger partial charge is 0.324 e. The van der Waals surface area contributed by atoms with Gasteiger partial charge in [-0.25, -0.2) is 12.8 Å². The summed E-state index contributed by atoms with van der Waals surface area (Å²) < 4.78 is 41.6. The Balaban J connectivity index is 1.92. The predicted molar refractivity (Wildman–Crippen MR) is 124 cm³/mol. The van der Waals surface area contributed by atoms with Crippen LogP contribution in [0.4, 0.5) is 10.1 Å². The van der Waals surface area contributed by atoms with Crippen molar-refractivity contribution in [2.45, 2.75) is 44.0 Å². The fourth-order valence-electron chi connectivity index (χ4n) is 3.52. The molecule has 5 nitrogen and oxygen atoms in total. The summed E-state index contributed by atoms with van der Waals surface area (Å²) in [6.07, 6.45) is 1.63. The van der Waals surface area contributed by atoms with Crippen LogP contribution < -0.4 is 10.0 Å². The molecule has 3 aromatic rings. The molecule has 0 aliphatic heterocycles. The number of hydrogen-bond acceptors (Lipinski definition) is 3. The molecule has 1 atom stereocenters. The van der Waals surface area contributed by atoms with Crippen LogP contribution in [0.5, 0.6) is 0 Å². The van der Waals surface area contributed by atoms with Crippen LogP contribution in [0.15, 0.2) is 77.7 Å². The molecule has 7 heteroatoms. The van der Waals surface area contributed by atoms with Crippen LogP contribution in [0, 0.1) is 5.82 Å². The predicted octanol–water partition coefficient (Wildman–Crippen LogP) is 4.48. The van der Waals surface area contributed by atoms with E-state index in [0.717, 1.165) is 47.4 Å². The topological polar surface area (TPSA) is 75.3 Å². The Bertz CT molecular complexity index is 1140. The number of rotatable bonds is 9. The van der Waals surface area contributed by atoms with Crippen molar-refractivity contribution in [1.82, 2.24) is 4.72 Å². The van der Waals surface area contributed by atoms with Crippen molar-refractivity contribution >= 4 is 21.6 Å². The number of aryl methyl sites for hydroxylation is 2. The highest BCUT2D eigenvalue weighted by atomic mass is 32.2. The van der Waals surface area contributed by atoms with Crippen molar-refractivity contribution in [3.63, 3.8) is 0 Å². The Morgan fingerprint density at radius 2 is 1.47 bits per heavy atom. The van der Waals surface area contributed by atoms with E-state index < -0.39 is 27.8 Å². The third-order valence-corrected chi connectivity index (χ3v) is 6.76. The molecule has 2 N–H and O–H groups in total. The first-order valence-corrected chi connectivity index (χ1v) is 12.1. The van der Waals surface area contributed by atoms with Crippen molar-refractivity contribution < 1.29 is 17.6 Å². The molecule has 32 heavy (non-hydrogen) atoms. The summed E-state index contributed by atoms with van der Waals surface area (Å²) in [6, 6.07) is 18.5. The molecule has 0 aliphatic rings. The van der Waals surface area contributed by atoms with E-state index in [1.165, 1.54) is 12.1 Å². The van der Waals surface area contributed by atoms with E-state index in [0.29, 0.717) is 0 Å². The van der Waals surface area contributed by atoms with Gasteiger partial charge in [-0.3, -0.25) is 4.79 Å². The van der Waals surface area contributed by atoms with Crippen LogP contribution in [-0.4, -0.2) is 20.4 Å². The van der Waals surface area contributed by atoms with Gasteiger partial charge in [0.25, 0.3) is 0 Å². The molecule has 0 radical (unpaired) electrons. The summed E-state index contributed by atoms with van der Waals surface area (Å²) in [5, 5.41) is 2.96. The minimum Gasteiger partial charge on any atom is -0.324 e. The Kier molecular flexibility index (Phi) is 7.77. The number of amides is 1. The molecular formula is C25H27FN2O3S. The van der Waals surface area contributed by atoms with E-state index in [2.05, 4.69) is 10.0 Å². The number of halogens is 1. The van der Waals surface area contributed by atoms with Gasteiger partial charge in [-0.05, 0) is 60.2 Å². The van der Waals surface area contributed by atoms with Crippen molar-refractivity contribution in [3.8, 4) is 0 Å². The van der Waals surface area contributed by atoms with Gasteiger partial charge < -0.3 is 5.32 Å². The maximum Gasteiger partial charge on any atom is 0.242 e. The number of sulfonamides is 1. The van der Waals surface area contributed by atoms with Crippen LogP contribution >= 0.6 is 0 Å². The number of para-hydroxylation sites is 1. The molecule has 0 fully saturated rings. The minimum atomic E-state index is -4.04. The van der Waals surface area contributed by atoms with Crippen molar-refractivity contribution in [2.75, 3.05) is 5.32 Å². The van der Waals surface area contributed by atoms with E-state index in [-0.39, 0.29) is 11.3 Å². The Hall–Kier alpha value is -3.03. The quantitative estimate of drug-likeness (QED) is 0.501. The first kappa shape index (κ1) is 23.6. The first-order chi connectivity index (χ1) is 15.3. The lowest BCUT2D eigenvalue weighted by molar-refractivity contribution is -0.117. The number of carbonyl (C=O) groups excluding carboxylic acids is 1. The average molecular weight is 455 g/mol. The fourth-order valence-corrected chi connectivity index (χ4v) is 4.72. The van der Waals surface area contributed by atoms with E-state index in [1.807, 2.05) is 62.4 Å². The lowest BCUT2D eigenvalue weighted by atomic mass is 10.0. The molecule has 0 saturated carbocycles. The SMILES string of the molecule is CCc1cccc(CC)c1NC(=O)[C@@H](Cc1ccccc1)NS(=O)(=O)c1ccc(F)cc1. The molecule has 0 aromatic heterocycles. The smallest absolute Gasteiger partial charge is 0.242 e. The van der Waals surface area contributed by atoms with Gasteiger partial charge in [-0.1, -0.05) is 62.4 Å². The Morgan fingerprint density at radius 3 is 2.03 bits per heavy atom. The zero-order valence-corrected chi connectivity index (χ0v) is 19.0. The zero-order chi connectivity index (χ0) is 23.1. The van der Waals surface area contributed by atoms with Crippen molar-refractivity contribution in [1.29, 1.82) is 0 Å². The molecule has 1 amide bonds. The number of carbonyl (C=O) groups is 1. The highest BCUT2D eigenvalue weighted by molar-refractivity contribution is 7.89. The molecule has 168 valence electrons. The summed E-state index contributed by atoms with van der Waals surface area (Å²) in [6.45, 7) is 4.01. The second-order valence-electron chi connectivity index (χ2n) is 7.47. The van der Waals surface area contributed by atoms with Crippen molar-refractivity contribution in [2.24, 2.45) is 0 Å². The maximum atomic E-state index is 13.3. The van der Waals surface area contributed by atoms with Crippen LogP contribution in [0.1, 0.15) is 30.5 Å². The second-order valence-corrected chi connectivity index (χ2v) is 9.18. The standard InChI is InChI=1S/C25H27FN2O3S/c1-3-19-11-8-12-20(4-2)24(19)27-25(29)23(17-18-9-6-5-7-10-18)28-32(30,31)22-15-13-21(26)14-16-22/h5-16,23,28H,3-4,17H2,1-2H3,(H,27,29)/t23-/m1/s1. The molecule has 3 aromatic carbocycles.